The van der Waals surface area contributed by atoms with Gasteiger partial charge in [-0.1, -0.05) is 56.3 Å². The molecule has 5 atom stereocenters. The van der Waals surface area contributed by atoms with Crippen molar-refractivity contribution >= 4 is 28.3 Å². The molecule has 0 saturated carbocycles. The number of rotatable bonds is 4. The SMILES string of the molecule is CC(C)[C@@H]1NC(=O)[C@@H](CC(=O)[C@H](C)O)Cc2ccc3c(c2)C24c5cccc(c5N[C@H]2O3)-c2cccc3[nH]cc(c23)-c2cnc(o2)-c2nc1oc24. The van der Waals surface area contributed by atoms with Crippen molar-refractivity contribution in [2.24, 2.45) is 11.8 Å². The summed E-state index contributed by atoms with van der Waals surface area (Å²) in [5.41, 5.74) is 6.79. The quantitative estimate of drug-likeness (QED) is 0.170. The number of amides is 1. The van der Waals surface area contributed by atoms with Crippen LogP contribution < -0.4 is 15.4 Å². The van der Waals surface area contributed by atoms with Gasteiger partial charge in [0.25, 0.3) is 0 Å². The Hall–Kier alpha value is -5.68. The average molecular weight is 668 g/mol. The van der Waals surface area contributed by atoms with Crippen molar-refractivity contribution in [3.05, 3.63) is 95.3 Å². The lowest BCUT2D eigenvalue weighted by molar-refractivity contribution is -0.133. The van der Waals surface area contributed by atoms with Crippen LogP contribution in [0, 0.1) is 11.8 Å². The van der Waals surface area contributed by atoms with Gasteiger partial charge in [0.1, 0.15) is 23.3 Å². The number of carbonyl (C=O) groups excluding carboxylic acids is 2. The summed E-state index contributed by atoms with van der Waals surface area (Å²) in [5.74, 6) is 0.728. The second kappa shape index (κ2) is 10.2. The lowest BCUT2D eigenvalue weighted by Crippen LogP contribution is -2.40. The number of nitrogens with one attached hydrogen (secondary N) is 3. The highest BCUT2D eigenvalue weighted by molar-refractivity contribution is 6.07. The first-order chi connectivity index (χ1) is 24.2. The summed E-state index contributed by atoms with van der Waals surface area (Å²) in [5, 5.41) is 18.0. The van der Waals surface area contributed by atoms with Crippen LogP contribution in [0.5, 0.6) is 5.75 Å². The lowest BCUT2D eigenvalue weighted by atomic mass is 9.72. The minimum Gasteiger partial charge on any atom is -0.469 e. The smallest absolute Gasteiger partial charge is 0.249 e. The average Bonchev–Trinajstić information content (AvgIpc) is 3.92. The van der Waals surface area contributed by atoms with Gasteiger partial charge in [0.05, 0.1) is 6.20 Å². The zero-order valence-electron chi connectivity index (χ0n) is 27.5. The minimum atomic E-state index is -1.18. The third-order valence-corrected chi connectivity index (χ3v) is 10.8. The van der Waals surface area contributed by atoms with Crippen molar-refractivity contribution in [2.45, 2.75) is 57.4 Å². The number of hydrogen-bond acceptors (Lipinski definition) is 9. The summed E-state index contributed by atoms with van der Waals surface area (Å²) >= 11 is 0. The molecule has 3 aromatic carbocycles. The number of ketones is 1. The molecule has 4 N–H and O–H groups in total. The first-order valence-electron chi connectivity index (χ1n) is 17.0. The fraction of sp³-hybridized carbons (Fsp3) is 0.282. The molecule has 11 nitrogen and oxygen atoms in total. The molecule has 250 valence electrons. The van der Waals surface area contributed by atoms with Crippen molar-refractivity contribution in [3.8, 4) is 39.8 Å². The summed E-state index contributed by atoms with van der Waals surface area (Å²) in [6.45, 7) is 5.39. The van der Waals surface area contributed by atoms with Gasteiger partial charge in [0.2, 0.25) is 17.7 Å². The predicted octanol–water partition coefficient (Wildman–Crippen LogP) is 6.26. The fourth-order valence-electron chi connectivity index (χ4n) is 8.39. The molecular weight excluding hydrogens is 634 g/mol. The number of para-hydroxylation sites is 1. The number of oxazole rings is 2. The van der Waals surface area contributed by atoms with Crippen LogP contribution in [0.1, 0.15) is 61.6 Å². The summed E-state index contributed by atoms with van der Waals surface area (Å²) in [7, 11) is 0. The van der Waals surface area contributed by atoms with Gasteiger partial charge in [-0.2, -0.15) is 0 Å². The molecule has 3 aromatic heterocycles. The Balaban J connectivity index is 1.31. The number of nitrogens with zero attached hydrogens (tertiary/aromatic N) is 2. The molecule has 10 bridgehead atoms. The van der Waals surface area contributed by atoms with Gasteiger partial charge in [-0.05, 0) is 42.5 Å². The molecule has 1 amide bonds. The summed E-state index contributed by atoms with van der Waals surface area (Å²) < 4.78 is 20.4. The van der Waals surface area contributed by atoms with Crippen molar-refractivity contribution in [3.63, 3.8) is 0 Å². The van der Waals surface area contributed by atoms with Crippen LogP contribution in [-0.4, -0.2) is 44.1 Å². The number of H-pyrrole nitrogens is 1. The monoisotopic (exact) mass is 667 g/mol. The van der Waals surface area contributed by atoms with E-state index in [1.807, 2.05) is 44.3 Å². The molecule has 50 heavy (non-hydrogen) atoms. The number of hydrogen-bond donors (Lipinski definition) is 4. The minimum absolute atomic E-state index is 0.114. The van der Waals surface area contributed by atoms with Gasteiger partial charge in [-0.3, -0.25) is 9.59 Å². The van der Waals surface area contributed by atoms with Gasteiger partial charge in [0, 0.05) is 57.4 Å². The molecule has 7 heterocycles. The highest BCUT2D eigenvalue weighted by atomic mass is 16.5. The second-order valence-corrected chi connectivity index (χ2v) is 14.2. The number of aromatic amines is 1. The van der Waals surface area contributed by atoms with Crippen LogP contribution in [0.3, 0.4) is 0 Å². The number of anilines is 1. The third-order valence-electron chi connectivity index (χ3n) is 10.8. The van der Waals surface area contributed by atoms with Crippen molar-refractivity contribution in [1.29, 1.82) is 0 Å². The van der Waals surface area contributed by atoms with Crippen LogP contribution in [0.25, 0.3) is 44.9 Å². The Morgan fingerprint density at radius 1 is 1.02 bits per heavy atom. The molecule has 1 spiro atoms. The highest BCUT2D eigenvalue weighted by Gasteiger charge is 2.61. The molecular formula is C39H33N5O6. The van der Waals surface area contributed by atoms with E-state index in [1.165, 1.54) is 6.92 Å². The molecule has 4 aliphatic heterocycles. The van der Waals surface area contributed by atoms with E-state index in [2.05, 4.69) is 45.9 Å². The van der Waals surface area contributed by atoms with Crippen LogP contribution in [0.2, 0.25) is 0 Å². The molecule has 4 aliphatic rings. The largest absolute Gasteiger partial charge is 0.469 e. The number of aliphatic hydroxyl groups is 1. The summed E-state index contributed by atoms with van der Waals surface area (Å²) in [6.07, 6.45) is 2.01. The van der Waals surface area contributed by atoms with Crippen molar-refractivity contribution in [1.82, 2.24) is 20.3 Å². The van der Waals surface area contributed by atoms with Crippen LogP contribution in [-0.2, 0) is 21.4 Å². The van der Waals surface area contributed by atoms with E-state index >= 15 is 0 Å². The standard InChI is InChI=1S/C39H33N5O6/c1-17(2)31-37-43-33-34(50-37)39-24-8-4-7-22(21-6-5-9-26-30(21)23(15-40-26)29-16-41-36(33)48-29)32(24)44-38(39)49-28-11-10-19(13-25(28)39)12-20(35(47)42-31)14-27(46)18(3)45/h4-11,13,15-18,20,31,38,40,44-45H,12,14H2,1-3H3,(H,42,47)/t18-,20+,31-,38-,39?/m0/s1. The van der Waals surface area contributed by atoms with Crippen molar-refractivity contribution < 1.29 is 28.3 Å². The molecule has 10 rings (SSSR count). The maximum Gasteiger partial charge on any atom is 0.249 e. The van der Waals surface area contributed by atoms with E-state index in [9.17, 15) is 14.7 Å². The number of aliphatic hydroxyl groups excluding tert-OH is 1. The zero-order valence-corrected chi connectivity index (χ0v) is 27.5. The zero-order chi connectivity index (χ0) is 34.1. The van der Waals surface area contributed by atoms with E-state index in [0.717, 1.165) is 50.0 Å². The van der Waals surface area contributed by atoms with Gasteiger partial charge in [-0.25, -0.2) is 9.97 Å². The van der Waals surface area contributed by atoms with Gasteiger partial charge < -0.3 is 34.3 Å². The first kappa shape index (κ1) is 29.3. The Kier molecular flexibility index (Phi) is 5.95. The Morgan fingerprint density at radius 3 is 2.70 bits per heavy atom. The van der Waals surface area contributed by atoms with E-state index < -0.39 is 35.5 Å². The Bertz CT molecular complexity index is 2420. The molecule has 6 aromatic rings. The Labute approximate surface area is 286 Å². The third kappa shape index (κ3) is 3.83. The summed E-state index contributed by atoms with van der Waals surface area (Å²) in [4.78, 5) is 40.2. The molecule has 0 saturated heterocycles. The Morgan fingerprint density at radius 2 is 1.86 bits per heavy atom. The number of Topliss-reactive ketones (excluding diaryl/α,β-unsaturated/α-hetero) is 1. The number of fused-ring (bicyclic) bond motifs is 7. The first-order valence-corrected chi connectivity index (χ1v) is 17.0. The summed E-state index contributed by atoms with van der Waals surface area (Å²) in [6, 6.07) is 17.7. The van der Waals surface area contributed by atoms with Crippen LogP contribution >= 0.6 is 0 Å². The van der Waals surface area contributed by atoms with E-state index in [4.69, 9.17) is 23.5 Å². The van der Waals surface area contributed by atoms with Crippen LogP contribution in [0.15, 0.2) is 75.8 Å². The number of ether oxygens (including phenoxy) is 1. The molecule has 0 aliphatic carbocycles. The maximum atomic E-state index is 14.0. The molecule has 11 heteroatoms. The van der Waals surface area contributed by atoms with Crippen LogP contribution in [0.4, 0.5) is 5.69 Å². The molecule has 0 fully saturated rings. The maximum absolute atomic E-state index is 14.0. The predicted molar refractivity (Wildman–Crippen MR) is 183 cm³/mol. The fourth-order valence-corrected chi connectivity index (χ4v) is 8.39. The lowest BCUT2D eigenvalue weighted by Gasteiger charge is -2.28. The van der Waals surface area contributed by atoms with Gasteiger partial charge in [-0.15, -0.1) is 0 Å². The molecule has 0 radical (unpaired) electrons. The number of aromatic nitrogens is 3. The highest BCUT2D eigenvalue weighted by Crippen LogP contribution is 2.61. The van der Waals surface area contributed by atoms with Crippen molar-refractivity contribution in [2.75, 3.05) is 5.32 Å². The number of benzene rings is 3. The van der Waals surface area contributed by atoms with Gasteiger partial charge >= 0.3 is 0 Å². The number of carbonyl (C=O) groups is 2. The molecule has 1 unspecified atom stereocenters. The second-order valence-electron chi connectivity index (χ2n) is 14.2. The topological polar surface area (TPSA) is 156 Å². The van der Waals surface area contributed by atoms with Gasteiger partial charge in [0.15, 0.2) is 29.2 Å². The van der Waals surface area contributed by atoms with E-state index in [-0.39, 0.29) is 30.6 Å². The van der Waals surface area contributed by atoms with E-state index in [0.29, 0.717) is 28.9 Å². The van der Waals surface area contributed by atoms with E-state index in [1.54, 1.807) is 6.20 Å². The normalized spacial score (nSPS) is 23.0.